The van der Waals surface area contributed by atoms with Crippen LogP contribution >= 0.6 is 11.3 Å². The number of nitrogens with one attached hydrogen (secondary N) is 1. The van der Waals surface area contributed by atoms with Gasteiger partial charge in [-0.25, -0.2) is 4.79 Å². The van der Waals surface area contributed by atoms with Crippen LogP contribution in [0, 0.1) is 11.8 Å². The minimum absolute atomic E-state index is 0.0314. The number of rotatable bonds is 4. The number of anilines is 1. The van der Waals surface area contributed by atoms with Gasteiger partial charge in [-0.3, -0.25) is 10.1 Å². The molecule has 19 heavy (non-hydrogen) atoms. The molecule has 2 amide bonds. The fourth-order valence-electron chi connectivity index (χ4n) is 1.81. The summed E-state index contributed by atoms with van der Waals surface area (Å²) in [7, 11) is 0. The van der Waals surface area contributed by atoms with Crippen LogP contribution in [0.25, 0.3) is 0 Å². The lowest BCUT2D eigenvalue weighted by Crippen LogP contribution is -2.54. The number of carbonyl (C=O) groups is 2. The van der Waals surface area contributed by atoms with E-state index in [-0.39, 0.29) is 11.9 Å². The predicted molar refractivity (Wildman–Crippen MR) is 70.2 cm³/mol. The predicted octanol–water partition coefficient (Wildman–Crippen LogP) is 1.28. The molecular formula is C11H16N4O3S. The number of hydrogen-bond donors (Lipinski definition) is 2. The van der Waals surface area contributed by atoms with Gasteiger partial charge in [0.05, 0.1) is 5.92 Å². The van der Waals surface area contributed by atoms with Crippen LogP contribution in [0.5, 0.6) is 0 Å². The normalized spacial score (nSPS) is 16.8. The van der Waals surface area contributed by atoms with Crippen molar-refractivity contribution in [1.82, 2.24) is 15.1 Å². The number of aliphatic carboxylic acids is 1. The number of carboxylic acid groups (broad SMARTS) is 1. The Hall–Kier alpha value is -1.70. The summed E-state index contributed by atoms with van der Waals surface area (Å²) in [6.45, 7) is 4.58. The quantitative estimate of drug-likeness (QED) is 0.868. The van der Waals surface area contributed by atoms with Crippen LogP contribution in [0.4, 0.5) is 9.93 Å². The topological polar surface area (TPSA) is 95.4 Å². The monoisotopic (exact) mass is 284 g/mol. The first kappa shape index (κ1) is 13.7. The molecule has 1 aliphatic rings. The minimum Gasteiger partial charge on any atom is -0.481 e. The van der Waals surface area contributed by atoms with Crippen LogP contribution in [0.1, 0.15) is 18.9 Å². The molecule has 2 heterocycles. The maximum absolute atomic E-state index is 11.8. The van der Waals surface area contributed by atoms with Gasteiger partial charge in [0.2, 0.25) is 5.13 Å². The van der Waals surface area contributed by atoms with Crippen LogP contribution in [0.3, 0.4) is 0 Å². The molecule has 0 saturated carbocycles. The standard InChI is InChI=1S/C11H16N4O3S/c1-3-8-13-14-10(19-8)12-11(18)15-4-7(5-15)6(2)9(16)17/h6-7H,3-5H2,1-2H3,(H,16,17)(H,12,14,18). The van der Waals surface area contributed by atoms with E-state index in [1.807, 2.05) is 6.92 Å². The van der Waals surface area contributed by atoms with Gasteiger partial charge in [0.15, 0.2) is 0 Å². The molecular weight excluding hydrogens is 268 g/mol. The first-order chi connectivity index (χ1) is 9.01. The first-order valence-corrected chi connectivity index (χ1v) is 6.94. The van der Waals surface area contributed by atoms with Gasteiger partial charge in [-0.15, -0.1) is 10.2 Å². The van der Waals surface area contributed by atoms with Crippen molar-refractivity contribution >= 4 is 28.5 Å². The Morgan fingerprint density at radius 1 is 1.53 bits per heavy atom. The average Bonchev–Trinajstić information content (AvgIpc) is 2.74. The lowest BCUT2D eigenvalue weighted by atomic mass is 9.87. The van der Waals surface area contributed by atoms with Crippen LogP contribution < -0.4 is 5.32 Å². The Kier molecular flexibility index (Phi) is 3.98. The van der Waals surface area contributed by atoms with Crippen LogP contribution in [-0.4, -0.2) is 45.3 Å². The maximum atomic E-state index is 11.8. The molecule has 0 aliphatic carbocycles. The third-order valence-electron chi connectivity index (χ3n) is 3.28. The third kappa shape index (κ3) is 3.01. The molecule has 8 heteroatoms. The number of aryl methyl sites for hydroxylation is 1. The highest BCUT2D eigenvalue weighted by Crippen LogP contribution is 2.25. The van der Waals surface area contributed by atoms with E-state index in [9.17, 15) is 9.59 Å². The highest BCUT2D eigenvalue weighted by atomic mass is 32.1. The lowest BCUT2D eigenvalue weighted by molar-refractivity contribution is -0.144. The highest BCUT2D eigenvalue weighted by molar-refractivity contribution is 7.15. The van der Waals surface area contributed by atoms with Crippen molar-refractivity contribution in [2.75, 3.05) is 18.4 Å². The number of carbonyl (C=O) groups excluding carboxylic acids is 1. The van der Waals surface area contributed by atoms with Gasteiger partial charge in [-0.1, -0.05) is 25.2 Å². The Morgan fingerprint density at radius 2 is 2.21 bits per heavy atom. The van der Waals surface area contributed by atoms with Crippen LogP contribution in [0.2, 0.25) is 0 Å². The lowest BCUT2D eigenvalue weighted by Gasteiger charge is -2.40. The van der Waals surface area contributed by atoms with Gasteiger partial charge in [0.25, 0.3) is 0 Å². The molecule has 0 aromatic carbocycles. The summed E-state index contributed by atoms with van der Waals surface area (Å²) in [4.78, 5) is 24.2. The summed E-state index contributed by atoms with van der Waals surface area (Å²) in [5, 5.41) is 20.7. The van der Waals surface area contributed by atoms with Crippen molar-refractivity contribution in [3.05, 3.63) is 5.01 Å². The number of aromatic nitrogens is 2. The van der Waals surface area contributed by atoms with E-state index in [1.54, 1.807) is 11.8 Å². The Balaban J connectivity index is 1.81. The molecule has 1 fully saturated rings. The molecule has 1 aromatic rings. The molecule has 0 spiro atoms. The van der Waals surface area contributed by atoms with E-state index in [0.29, 0.717) is 18.2 Å². The van der Waals surface area contributed by atoms with E-state index in [4.69, 9.17) is 5.11 Å². The van der Waals surface area contributed by atoms with Crippen molar-refractivity contribution < 1.29 is 14.7 Å². The van der Waals surface area contributed by atoms with Crippen molar-refractivity contribution in [2.45, 2.75) is 20.3 Å². The summed E-state index contributed by atoms with van der Waals surface area (Å²) in [6, 6.07) is -0.243. The zero-order valence-corrected chi connectivity index (χ0v) is 11.6. The minimum atomic E-state index is -0.818. The van der Waals surface area contributed by atoms with Gasteiger partial charge in [-0.2, -0.15) is 0 Å². The number of likely N-dealkylation sites (tertiary alicyclic amines) is 1. The maximum Gasteiger partial charge on any atom is 0.323 e. The summed E-state index contributed by atoms with van der Waals surface area (Å²) in [5.41, 5.74) is 0. The van der Waals surface area contributed by atoms with E-state index in [2.05, 4.69) is 15.5 Å². The van der Waals surface area contributed by atoms with Crippen molar-refractivity contribution in [2.24, 2.45) is 11.8 Å². The average molecular weight is 284 g/mol. The molecule has 0 radical (unpaired) electrons. The summed E-state index contributed by atoms with van der Waals surface area (Å²) < 4.78 is 0. The Labute approximate surface area is 114 Å². The van der Waals surface area contributed by atoms with Crippen LogP contribution in [-0.2, 0) is 11.2 Å². The summed E-state index contributed by atoms with van der Waals surface area (Å²) in [5.74, 6) is -1.21. The van der Waals surface area contributed by atoms with Crippen molar-refractivity contribution in [1.29, 1.82) is 0 Å². The van der Waals surface area contributed by atoms with E-state index < -0.39 is 11.9 Å². The van der Waals surface area contributed by atoms with Gasteiger partial charge in [0.1, 0.15) is 5.01 Å². The molecule has 1 aliphatic heterocycles. The second-order valence-electron chi connectivity index (χ2n) is 4.58. The second-order valence-corrected chi connectivity index (χ2v) is 5.64. The number of carboxylic acids is 1. The van der Waals surface area contributed by atoms with Crippen LogP contribution in [0.15, 0.2) is 0 Å². The molecule has 1 aromatic heterocycles. The number of hydrogen-bond acceptors (Lipinski definition) is 5. The zero-order valence-electron chi connectivity index (χ0n) is 10.8. The van der Waals surface area contributed by atoms with Gasteiger partial charge in [0, 0.05) is 19.0 Å². The fraction of sp³-hybridized carbons (Fsp3) is 0.636. The SMILES string of the molecule is CCc1nnc(NC(=O)N2CC(C(C)C(=O)O)C2)s1. The molecule has 104 valence electrons. The largest absolute Gasteiger partial charge is 0.481 e. The second kappa shape index (κ2) is 5.52. The number of nitrogens with zero attached hydrogens (tertiary/aromatic N) is 3. The molecule has 2 N–H and O–H groups in total. The first-order valence-electron chi connectivity index (χ1n) is 6.12. The molecule has 1 unspecified atom stereocenters. The molecule has 7 nitrogen and oxygen atoms in total. The molecule has 2 rings (SSSR count). The number of urea groups is 1. The third-order valence-corrected chi connectivity index (χ3v) is 4.26. The summed E-state index contributed by atoms with van der Waals surface area (Å²) >= 11 is 1.35. The molecule has 1 saturated heterocycles. The Bertz CT molecular complexity index is 484. The van der Waals surface area contributed by atoms with Gasteiger partial charge >= 0.3 is 12.0 Å². The van der Waals surface area contributed by atoms with Gasteiger partial charge < -0.3 is 10.0 Å². The van der Waals surface area contributed by atoms with E-state index in [1.165, 1.54) is 11.3 Å². The zero-order chi connectivity index (χ0) is 14.0. The highest BCUT2D eigenvalue weighted by Gasteiger charge is 2.37. The van der Waals surface area contributed by atoms with Crippen molar-refractivity contribution in [3.63, 3.8) is 0 Å². The summed E-state index contributed by atoms with van der Waals surface area (Å²) in [6.07, 6.45) is 0.787. The molecule has 0 bridgehead atoms. The smallest absolute Gasteiger partial charge is 0.323 e. The van der Waals surface area contributed by atoms with E-state index >= 15 is 0 Å². The molecule has 1 atom stereocenters. The van der Waals surface area contributed by atoms with Crippen molar-refractivity contribution in [3.8, 4) is 0 Å². The fourth-order valence-corrected chi connectivity index (χ4v) is 2.48. The van der Waals surface area contributed by atoms with E-state index in [0.717, 1.165) is 11.4 Å². The van der Waals surface area contributed by atoms with Gasteiger partial charge in [-0.05, 0) is 6.42 Å². The number of amides is 2. The Morgan fingerprint density at radius 3 is 2.74 bits per heavy atom.